The first-order chi connectivity index (χ1) is 38.5. The third-order valence-electron chi connectivity index (χ3n) is 15.3. The van der Waals surface area contributed by atoms with Crippen LogP contribution in [-0.2, 0) is 28.6 Å². The molecule has 6 nitrogen and oxygen atoms in total. The molecule has 0 bridgehead atoms. The Morgan fingerprint density at radius 2 is 0.526 bits per heavy atom. The molecule has 0 aromatic heterocycles. The van der Waals surface area contributed by atoms with E-state index in [0.717, 1.165) is 64.2 Å². The van der Waals surface area contributed by atoms with E-state index >= 15 is 0 Å². The minimum absolute atomic E-state index is 0.0915. The van der Waals surface area contributed by atoms with Crippen LogP contribution in [0.5, 0.6) is 0 Å². The fraction of sp³-hybridized carbons (Fsp3) is 0.819. The van der Waals surface area contributed by atoms with Gasteiger partial charge in [-0.3, -0.25) is 14.4 Å². The fourth-order valence-electron chi connectivity index (χ4n) is 10.2. The van der Waals surface area contributed by atoms with Gasteiger partial charge in [0.2, 0.25) is 0 Å². The number of esters is 3. The summed E-state index contributed by atoms with van der Waals surface area (Å²) in [5.74, 6) is -0.957. The molecular weight excluding hydrogens is 961 g/mol. The summed E-state index contributed by atoms with van der Waals surface area (Å²) in [6.45, 7) is 6.51. The monoisotopic (exact) mass is 1090 g/mol. The molecule has 454 valence electrons. The molecule has 0 spiro atoms. The van der Waals surface area contributed by atoms with Gasteiger partial charge in [0.05, 0.1) is 0 Å². The highest BCUT2D eigenvalue weighted by Gasteiger charge is 2.19. The second kappa shape index (κ2) is 66.6. The number of hydrogen-bond donors (Lipinski definition) is 0. The molecule has 78 heavy (non-hydrogen) atoms. The predicted octanol–water partition coefficient (Wildman–Crippen LogP) is 23.5. The van der Waals surface area contributed by atoms with Crippen molar-refractivity contribution < 1.29 is 28.6 Å². The van der Waals surface area contributed by atoms with Crippen molar-refractivity contribution in [1.82, 2.24) is 0 Å². The van der Waals surface area contributed by atoms with E-state index < -0.39 is 6.10 Å². The van der Waals surface area contributed by atoms with Crippen LogP contribution in [0.3, 0.4) is 0 Å². The molecule has 0 aromatic rings. The van der Waals surface area contributed by atoms with Gasteiger partial charge in [-0.05, 0) is 70.6 Å². The predicted molar refractivity (Wildman–Crippen MR) is 339 cm³/mol. The quantitative estimate of drug-likeness (QED) is 0.0261. The van der Waals surface area contributed by atoms with Crippen molar-refractivity contribution in [3.05, 3.63) is 60.8 Å². The van der Waals surface area contributed by atoms with E-state index in [4.69, 9.17) is 14.2 Å². The van der Waals surface area contributed by atoms with Crippen molar-refractivity contribution >= 4 is 17.9 Å². The number of carbonyl (C=O) groups excluding carboxylic acids is 3. The third-order valence-corrected chi connectivity index (χ3v) is 15.3. The Kier molecular flexibility index (Phi) is 64.2. The third kappa shape index (κ3) is 63.9. The van der Waals surface area contributed by atoms with Gasteiger partial charge in [-0.1, -0.05) is 332 Å². The molecule has 0 aliphatic rings. The van der Waals surface area contributed by atoms with E-state index in [1.807, 2.05) is 6.08 Å². The van der Waals surface area contributed by atoms with Crippen LogP contribution in [0.1, 0.15) is 361 Å². The normalized spacial score (nSPS) is 12.4. The van der Waals surface area contributed by atoms with Crippen molar-refractivity contribution in [2.45, 2.75) is 367 Å². The average molecular weight is 1090 g/mol. The van der Waals surface area contributed by atoms with E-state index in [-0.39, 0.29) is 37.5 Å². The summed E-state index contributed by atoms with van der Waals surface area (Å²) < 4.78 is 16.8. The first kappa shape index (κ1) is 75.1. The molecule has 0 saturated heterocycles. The van der Waals surface area contributed by atoms with Crippen molar-refractivity contribution in [1.29, 1.82) is 0 Å². The Bertz CT molecular complexity index is 1390. The number of ether oxygens (including phenoxy) is 3. The molecule has 0 N–H and O–H groups in total. The van der Waals surface area contributed by atoms with Crippen LogP contribution < -0.4 is 0 Å². The van der Waals surface area contributed by atoms with Crippen LogP contribution in [0.15, 0.2) is 60.8 Å². The van der Waals surface area contributed by atoms with Crippen molar-refractivity contribution in [3.63, 3.8) is 0 Å². The van der Waals surface area contributed by atoms with E-state index in [9.17, 15) is 14.4 Å². The van der Waals surface area contributed by atoms with Crippen LogP contribution in [-0.4, -0.2) is 37.2 Å². The maximum atomic E-state index is 12.9. The van der Waals surface area contributed by atoms with Gasteiger partial charge in [-0.25, -0.2) is 0 Å². The zero-order valence-electron chi connectivity index (χ0n) is 52.2. The molecular formula is C72H130O6. The minimum Gasteiger partial charge on any atom is -0.462 e. The summed E-state index contributed by atoms with van der Waals surface area (Å²) in [5.41, 5.74) is 0. The molecule has 0 amide bonds. The smallest absolute Gasteiger partial charge is 0.306 e. The molecule has 0 heterocycles. The van der Waals surface area contributed by atoms with Crippen molar-refractivity contribution in [3.8, 4) is 0 Å². The molecule has 6 heteroatoms. The van der Waals surface area contributed by atoms with Gasteiger partial charge in [0.15, 0.2) is 6.10 Å². The van der Waals surface area contributed by atoms with Gasteiger partial charge >= 0.3 is 17.9 Å². The lowest BCUT2D eigenvalue weighted by atomic mass is 10.0. The number of carbonyl (C=O) groups is 3. The molecule has 0 radical (unpaired) electrons. The van der Waals surface area contributed by atoms with E-state index in [0.29, 0.717) is 19.3 Å². The summed E-state index contributed by atoms with van der Waals surface area (Å²) in [4.78, 5) is 38.2. The fourth-order valence-corrected chi connectivity index (χ4v) is 10.2. The van der Waals surface area contributed by atoms with Gasteiger partial charge in [-0.2, -0.15) is 0 Å². The zero-order valence-corrected chi connectivity index (χ0v) is 52.2. The standard InChI is InChI=1S/C72H130O6/c1-4-7-10-13-16-19-22-25-27-28-29-30-31-32-33-34-35-36-37-38-39-40-41-42-43-44-45-48-50-53-56-59-62-65-71(74)77-68-69(67-76-70(73)64-61-58-55-52-49-46-24-21-18-15-12-9-6-3)78-72(75)66-63-60-57-54-51-47-26-23-20-17-14-11-8-5-2/h9,12,18,21,28-29,46,49,55,58,69H,4-8,10-11,13-17,19-20,22-27,30-45,47-48,50-54,56-57,59-68H2,1-3H3/b12-9-,21-18-,29-28-,49-46-,58-55-. The first-order valence-electron chi connectivity index (χ1n) is 34.3. The lowest BCUT2D eigenvalue weighted by Crippen LogP contribution is -2.30. The Balaban J connectivity index is 4.10. The Morgan fingerprint density at radius 3 is 0.859 bits per heavy atom. The highest BCUT2D eigenvalue weighted by atomic mass is 16.6. The Morgan fingerprint density at radius 1 is 0.269 bits per heavy atom. The lowest BCUT2D eigenvalue weighted by molar-refractivity contribution is -0.166. The van der Waals surface area contributed by atoms with Crippen LogP contribution in [0, 0.1) is 0 Å². The largest absolute Gasteiger partial charge is 0.462 e. The highest BCUT2D eigenvalue weighted by molar-refractivity contribution is 5.71. The van der Waals surface area contributed by atoms with Gasteiger partial charge in [0.25, 0.3) is 0 Å². The zero-order chi connectivity index (χ0) is 56.4. The van der Waals surface area contributed by atoms with E-state index in [1.54, 1.807) is 0 Å². The average Bonchev–Trinajstić information content (AvgIpc) is 3.44. The van der Waals surface area contributed by atoms with Gasteiger partial charge in [-0.15, -0.1) is 0 Å². The maximum Gasteiger partial charge on any atom is 0.306 e. The number of hydrogen-bond acceptors (Lipinski definition) is 6. The van der Waals surface area contributed by atoms with Crippen LogP contribution >= 0.6 is 0 Å². The molecule has 0 fully saturated rings. The first-order valence-corrected chi connectivity index (χ1v) is 34.3. The summed E-state index contributed by atoms with van der Waals surface area (Å²) in [6, 6.07) is 0. The van der Waals surface area contributed by atoms with Crippen molar-refractivity contribution in [2.24, 2.45) is 0 Å². The Labute approximate surface area is 485 Å². The lowest BCUT2D eigenvalue weighted by Gasteiger charge is -2.18. The molecule has 1 unspecified atom stereocenters. The molecule has 0 aromatic carbocycles. The van der Waals surface area contributed by atoms with Crippen LogP contribution in [0.4, 0.5) is 0 Å². The molecule has 0 aliphatic heterocycles. The van der Waals surface area contributed by atoms with E-state index in [2.05, 4.69) is 75.5 Å². The second-order valence-corrected chi connectivity index (χ2v) is 23.1. The number of rotatable bonds is 63. The Hall–Kier alpha value is -2.89. The van der Waals surface area contributed by atoms with Crippen LogP contribution in [0.25, 0.3) is 0 Å². The van der Waals surface area contributed by atoms with E-state index in [1.165, 1.54) is 250 Å². The SMILES string of the molecule is CC/C=C\C/C=C\C/C=C\C/C=C\CCC(=O)OCC(COC(=O)CCCCCCCCCCCCCCCCCCCCCCC/C=C\CCCCCCCCCC)OC(=O)CCCCCCCCCCCCCCCC. The molecule has 0 rings (SSSR count). The number of allylic oxidation sites excluding steroid dienone is 10. The topological polar surface area (TPSA) is 78.9 Å². The summed E-state index contributed by atoms with van der Waals surface area (Å²) >= 11 is 0. The summed E-state index contributed by atoms with van der Waals surface area (Å²) in [5, 5.41) is 0. The molecule has 0 saturated carbocycles. The highest BCUT2D eigenvalue weighted by Crippen LogP contribution is 2.18. The van der Waals surface area contributed by atoms with Gasteiger partial charge < -0.3 is 14.2 Å². The molecule has 0 aliphatic carbocycles. The van der Waals surface area contributed by atoms with Gasteiger partial charge in [0, 0.05) is 19.3 Å². The summed E-state index contributed by atoms with van der Waals surface area (Å²) in [6.07, 6.45) is 85.7. The molecule has 1 atom stereocenters. The number of unbranched alkanes of at least 4 members (excludes halogenated alkanes) is 42. The summed E-state index contributed by atoms with van der Waals surface area (Å²) in [7, 11) is 0. The second-order valence-electron chi connectivity index (χ2n) is 23.1. The minimum atomic E-state index is -0.800. The van der Waals surface area contributed by atoms with Crippen LogP contribution in [0.2, 0.25) is 0 Å². The van der Waals surface area contributed by atoms with Gasteiger partial charge in [0.1, 0.15) is 13.2 Å². The maximum absolute atomic E-state index is 12.9. The van der Waals surface area contributed by atoms with Crippen molar-refractivity contribution in [2.75, 3.05) is 13.2 Å².